The first-order valence-corrected chi connectivity index (χ1v) is 11.1. The third-order valence-electron chi connectivity index (χ3n) is 7.21. The SMILES string of the molecule is O=C1[C@@H]2[C@H]3C=C[C@H]([C@H]4C[C@H]34)[C@@H]2C(=O)N1/N=C\c1ccccc1OCc1ccccc1Cl. The van der Waals surface area contributed by atoms with Crippen LogP contribution in [0.25, 0.3) is 0 Å². The molecule has 0 spiro atoms. The van der Waals surface area contributed by atoms with Crippen molar-refractivity contribution in [1.29, 1.82) is 0 Å². The van der Waals surface area contributed by atoms with E-state index < -0.39 is 0 Å². The quantitative estimate of drug-likeness (QED) is 0.402. The Bertz CT molecular complexity index is 1110. The number of para-hydroxylation sites is 1. The highest BCUT2D eigenvalue weighted by molar-refractivity contribution is 6.31. The third-order valence-corrected chi connectivity index (χ3v) is 7.58. The summed E-state index contributed by atoms with van der Waals surface area (Å²) in [6.45, 7) is 0.314. The van der Waals surface area contributed by atoms with Gasteiger partial charge in [-0.25, -0.2) is 0 Å². The van der Waals surface area contributed by atoms with Gasteiger partial charge in [0.25, 0.3) is 11.8 Å². The Balaban J connectivity index is 1.22. The highest BCUT2D eigenvalue weighted by atomic mass is 35.5. The van der Waals surface area contributed by atoms with Gasteiger partial charge in [-0.1, -0.05) is 54.1 Å². The molecule has 2 bridgehead atoms. The Morgan fingerprint density at radius 3 is 2.32 bits per heavy atom. The summed E-state index contributed by atoms with van der Waals surface area (Å²) in [5.74, 6) is 1.37. The number of nitrogens with zero attached hydrogens (tertiary/aromatic N) is 2. The average Bonchev–Trinajstić information content (AvgIpc) is 3.57. The van der Waals surface area contributed by atoms with Crippen molar-refractivity contribution in [3.8, 4) is 5.75 Å². The first-order valence-electron chi connectivity index (χ1n) is 10.7. The molecular weight excluding hydrogens is 412 g/mol. The first kappa shape index (κ1) is 18.8. The van der Waals surface area contributed by atoms with E-state index in [2.05, 4.69) is 17.3 Å². The van der Waals surface area contributed by atoms with Crippen LogP contribution in [0.5, 0.6) is 5.75 Å². The van der Waals surface area contributed by atoms with Gasteiger partial charge >= 0.3 is 0 Å². The van der Waals surface area contributed by atoms with E-state index >= 15 is 0 Å². The molecular formula is C25H21ClN2O3. The number of allylic oxidation sites excluding steroid dienone is 2. The van der Waals surface area contributed by atoms with Gasteiger partial charge in [0.1, 0.15) is 12.4 Å². The van der Waals surface area contributed by atoms with E-state index in [1.165, 1.54) is 0 Å². The first-order chi connectivity index (χ1) is 15.1. The van der Waals surface area contributed by atoms with Crippen LogP contribution in [0.1, 0.15) is 17.5 Å². The Hall–Kier alpha value is -2.92. The van der Waals surface area contributed by atoms with Gasteiger partial charge in [-0.3, -0.25) is 9.59 Å². The number of rotatable bonds is 5. The van der Waals surface area contributed by atoms with E-state index in [0.29, 0.717) is 34.8 Å². The Labute approximate surface area is 185 Å². The summed E-state index contributed by atoms with van der Waals surface area (Å²) in [5, 5.41) is 6.06. The van der Waals surface area contributed by atoms with Gasteiger partial charge in [-0.2, -0.15) is 10.1 Å². The average molecular weight is 433 g/mol. The number of amides is 2. The molecule has 3 fully saturated rings. The number of imide groups is 1. The Morgan fingerprint density at radius 2 is 1.61 bits per heavy atom. The predicted octanol–water partition coefficient (Wildman–Crippen LogP) is 4.31. The molecule has 2 aromatic rings. The Kier molecular flexibility index (Phi) is 4.29. The summed E-state index contributed by atoms with van der Waals surface area (Å²) in [5.41, 5.74) is 1.58. The molecule has 6 atom stereocenters. The smallest absolute Gasteiger partial charge is 0.254 e. The number of hydrazone groups is 1. The normalized spacial score (nSPS) is 32.5. The number of hydrogen-bond acceptors (Lipinski definition) is 4. The Morgan fingerprint density at radius 1 is 0.968 bits per heavy atom. The van der Waals surface area contributed by atoms with Crippen molar-refractivity contribution < 1.29 is 14.3 Å². The van der Waals surface area contributed by atoms with E-state index in [4.69, 9.17) is 16.3 Å². The number of ether oxygens (including phenoxy) is 1. The minimum absolute atomic E-state index is 0.162. The van der Waals surface area contributed by atoms with Crippen LogP contribution in [-0.4, -0.2) is 23.0 Å². The molecule has 0 aromatic heterocycles. The molecule has 0 radical (unpaired) electrons. The van der Waals surface area contributed by atoms with Crippen LogP contribution in [0, 0.1) is 35.5 Å². The molecule has 2 saturated carbocycles. The lowest BCUT2D eigenvalue weighted by Crippen LogP contribution is -2.40. The molecule has 1 aliphatic heterocycles. The van der Waals surface area contributed by atoms with Gasteiger partial charge in [-0.15, -0.1) is 0 Å². The monoisotopic (exact) mass is 432 g/mol. The van der Waals surface area contributed by atoms with Crippen molar-refractivity contribution in [1.82, 2.24) is 5.01 Å². The van der Waals surface area contributed by atoms with Crippen molar-refractivity contribution in [2.24, 2.45) is 40.6 Å². The zero-order valence-corrected chi connectivity index (χ0v) is 17.5. The molecule has 156 valence electrons. The summed E-state index contributed by atoms with van der Waals surface area (Å²) in [6.07, 6.45) is 7.02. The number of halogens is 1. The van der Waals surface area contributed by atoms with E-state index in [9.17, 15) is 9.59 Å². The molecule has 2 aromatic carbocycles. The third kappa shape index (κ3) is 2.94. The molecule has 0 unspecified atom stereocenters. The molecule has 0 N–H and O–H groups in total. The second-order valence-corrected chi connectivity index (χ2v) is 9.21. The van der Waals surface area contributed by atoms with Crippen LogP contribution >= 0.6 is 11.6 Å². The van der Waals surface area contributed by atoms with E-state index in [-0.39, 0.29) is 35.5 Å². The van der Waals surface area contributed by atoms with Gasteiger partial charge in [-0.05, 0) is 48.3 Å². The molecule has 2 amide bonds. The maximum absolute atomic E-state index is 13.1. The molecule has 1 heterocycles. The molecule has 6 heteroatoms. The van der Waals surface area contributed by atoms with Crippen molar-refractivity contribution >= 4 is 29.6 Å². The lowest BCUT2D eigenvalue weighted by molar-refractivity contribution is -0.140. The summed E-state index contributed by atoms with van der Waals surface area (Å²) >= 11 is 6.22. The second kappa shape index (κ2) is 7.06. The fourth-order valence-electron chi connectivity index (χ4n) is 5.66. The van der Waals surface area contributed by atoms with Crippen molar-refractivity contribution in [2.75, 3.05) is 0 Å². The highest BCUT2D eigenvalue weighted by Crippen LogP contribution is 2.65. The number of benzene rings is 2. The van der Waals surface area contributed by atoms with Gasteiger partial charge in [0.2, 0.25) is 0 Å². The lowest BCUT2D eigenvalue weighted by atomic mass is 9.63. The number of carbonyl (C=O) groups is 2. The second-order valence-electron chi connectivity index (χ2n) is 8.81. The van der Waals surface area contributed by atoms with Crippen molar-refractivity contribution in [3.63, 3.8) is 0 Å². The van der Waals surface area contributed by atoms with Gasteiger partial charge in [0, 0.05) is 16.1 Å². The summed E-state index contributed by atoms with van der Waals surface area (Å²) in [4.78, 5) is 26.1. The van der Waals surface area contributed by atoms with Crippen LogP contribution in [0.3, 0.4) is 0 Å². The van der Waals surface area contributed by atoms with Crippen LogP contribution in [-0.2, 0) is 16.2 Å². The molecule has 1 saturated heterocycles. The predicted molar refractivity (Wildman–Crippen MR) is 116 cm³/mol. The topological polar surface area (TPSA) is 59.0 Å². The lowest BCUT2D eigenvalue weighted by Gasteiger charge is -2.37. The largest absolute Gasteiger partial charge is 0.488 e. The minimum Gasteiger partial charge on any atom is -0.488 e. The minimum atomic E-state index is -0.241. The molecule has 5 nitrogen and oxygen atoms in total. The van der Waals surface area contributed by atoms with Crippen LogP contribution in [0.4, 0.5) is 0 Å². The molecule has 5 aliphatic rings. The van der Waals surface area contributed by atoms with Crippen LogP contribution in [0.2, 0.25) is 5.02 Å². The van der Waals surface area contributed by atoms with Crippen molar-refractivity contribution in [3.05, 3.63) is 76.8 Å². The van der Waals surface area contributed by atoms with E-state index in [1.54, 1.807) is 6.21 Å². The molecule has 31 heavy (non-hydrogen) atoms. The molecule has 7 rings (SSSR count). The highest BCUT2D eigenvalue weighted by Gasteiger charge is 2.67. The van der Waals surface area contributed by atoms with Crippen molar-refractivity contribution in [2.45, 2.75) is 13.0 Å². The fraction of sp³-hybridized carbons (Fsp3) is 0.320. The maximum atomic E-state index is 13.1. The van der Waals surface area contributed by atoms with E-state index in [1.807, 2.05) is 48.5 Å². The van der Waals surface area contributed by atoms with Crippen LogP contribution in [0.15, 0.2) is 65.8 Å². The zero-order chi connectivity index (χ0) is 21.1. The zero-order valence-electron chi connectivity index (χ0n) is 16.7. The van der Waals surface area contributed by atoms with Gasteiger partial charge in [0.15, 0.2) is 0 Å². The summed E-state index contributed by atoms with van der Waals surface area (Å²) in [6, 6.07) is 14.9. The number of hydrogen-bond donors (Lipinski definition) is 0. The maximum Gasteiger partial charge on any atom is 0.254 e. The molecule has 4 aliphatic carbocycles. The summed E-state index contributed by atoms with van der Waals surface area (Å²) in [7, 11) is 0. The van der Waals surface area contributed by atoms with E-state index in [0.717, 1.165) is 17.0 Å². The summed E-state index contributed by atoms with van der Waals surface area (Å²) < 4.78 is 5.96. The fourth-order valence-corrected chi connectivity index (χ4v) is 5.85. The van der Waals surface area contributed by atoms with Crippen LogP contribution < -0.4 is 4.74 Å². The standard InChI is InChI=1S/C25H21ClN2O3/c26-20-7-3-1-6-15(20)13-31-21-8-4-2-5-14(21)12-27-28-24(29)22-16-9-10-17(19-11-18(16)19)23(22)25(28)30/h1-10,12,16-19,22-23H,11,13H2/b27-12-/t16-,17+,18-,19-,22+,23-/m1/s1. The van der Waals surface area contributed by atoms with Gasteiger partial charge in [0.05, 0.1) is 18.1 Å². The van der Waals surface area contributed by atoms with Gasteiger partial charge < -0.3 is 4.74 Å². The number of carbonyl (C=O) groups excluding carboxylic acids is 2.